The Kier molecular flexibility index (Phi) is 8.28. The quantitative estimate of drug-likeness (QED) is 0.466. The number of nitrogens with one attached hydrogen (secondary N) is 1. The highest BCUT2D eigenvalue weighted by atomic mass is 16.7. The summed E-state index contributed by atoms with van der Waals surface area (Å²) >= 11 is 0. The van der Waals surface area contributed by atoms with Crippen LogP contribution in [-0.2, 0) is 0 Å². The number of nitrogens with two attached hydrogens (primary N) is 1. The second-order valence-electron chi connectivity index (χ2n) is 10.3. The number of rotatable bonds is 5. The van der Waals surface area contributed by atoms with Gasteiger partial charge in [-0.2, -0.15) is 0 Å². The van der Waals surface area contributed by atoms with Gasteiger partial charge in [-0.05, 0) is 87.3 Å². The Morgan fingerprint density at radius 3 is 2.35 bits per heavy atom. The maximum atomic E-state index is 11.1. The second kappa shape index (κ2) is 12.0. The summed E-state index contributed by atoms with van der Waals surface area (Å²) in [5, 5.41) is 9.98. The molecule has 8 nitrogen and oxygen atoms in total. The van der Waals surface area contributed by atoms with Crippen molar-refractivity contribution in [1.82, 2.24) is 14.8 Å². The first-order valence-electron chi connectivity index (χ1n) is 13.5. The molecule has 6 rings (SSSR count). The van der Waals surface area contributed by atoms with Crippen molar-refractivity contribution in [2.24, 2.45) is 5.73 Å². The molecule has 0 bridgehead atoms. The first-order valence-corrected chi connectivity index (χ1v) is 13.5. The number of aromatic nitrogens is 1. The van der Waals surface area contributed by atoms with Gasteiger partial charge in [-0.15, -0.1) is 0 Å². The molecule has 3 aliphatic rings. The number of hydrogen-bond acceptors (Lipinski definition) is 6. The summed E-state index contributed by atoms with van der Waals surface area (Å²) in [5.41, 5.74) is 8.80. The number of benzene rings is 2. The number of aromatic amines is 1. The molecule has 2 fully saturated rings. The molecule has 0 radical (unpaired) electrons. The van der Waals surface area contributed by atoms with E-state index < -0.39 is 5.97 Å². The molecular formula is C29H38N4O4. The maximum absolute atomic E-state index is 11.1. The molecular weight excluding hydrogens is 468 g/mol. The Hall–Kier alpha value is -3.07. The lowest BCUT2D eigenvalue weighted by atomic mass is 10.0. The zero-order chi connectivity index (χ0) is 25.6. The van der Waals surface area contributed by atoms with Gasteiger partial charge in [0.05, 0.1) is 0 Å². The van der Waals surface area contributed by atoms with Crippen molar-refractivity contribution in [1.29, 1.82) is 0 Å². The lowest BCUT2D eigenvalue weighted by molar-refractivity contribution is 0.0691. The third kappa shape index (κ3) is 6.44. The van der Waals surface area contributed by atoms with Crippen molar-refractivity contribution in [2.45, 2.75) is 44.6 Å². The molecule has 2 aromatic carbocycles. The first-order chi connectivity index (χ1) is 18.1. The molecule has 0 atom stereocenters. The Morgan fingerprint density at radius 1 is 0.919 bits per heavy atom. The van der Waals surface area contributed by atoms with E-state index in [1.54, 1.807) is 6.07 Å². The van der Waals surface area contributed by atoms with Crippen LogP contribution in [0.2, 0.25) is 0 Å². The van der Waals surface area contributed by atoms with E-state index in [9.17, 15) is 4.79 Å². The van der Waals surface area contributed by atoms with Crippen LogP contribution in [0.15, 0.2) is 42.5 Å². The highest BCUT2D eigenvalue weighted by Gasteiger charge is 2.18. The molecule has 4 heterocycles. The van der Waals surface area contributed by atoms with Crippen LogP contribution in [0.4, 0.5) is 0 Å². The highest BCUT2D eigenvalue weighted by molar-refractivity contribution is 6.01. The number of ether oxygens (including phenoxy) is 2. The Bertz CT molecular complexity index is 1190. The fourth-order valence-electron chi connectivity index (χ4n) is 5.41. The van der Waals surface area contributed by atoms with Crippen molar-refractivity contribution in [3.05, 3.63) is 48.2 Å². The number of fused-ring (bicyclic) bond motifs is 2. The number of aromatic carboxylic acids is 1. The normalized spacial score (nSPS) is 18.8. The molecule has 1 aromatic heterocycles. The zero-order valence-corrected chi connectivity index (χ0v) is 21.5. The molecule has 8 heteroatoms. The predicted molar refractivity (Wildman–Crippen MR) is 145 cm³/mol. The smallest absolute Gasteiger partial charge is 0.352 e. The summed E-state index contributed by atoms with van der Waals surface area (Å²) in [6.45, 7) is 7.85. The summed E-state index contributed by atoms with van der Waals surface area (Å²) in [7, 11) is 0. The summed E-state index contributed by atoms with van der Waals surface area (Å²) in [6.07, 6.45) is 8.08. The van der Waals surface area contributed by atoms with Crippen LogP contribution in [-0.4, -0.2) is 78.0 Å². The molecule has 2 saturated heterocycles. The lowest BCUT2D eigenvalue weighted by Gasteiger charge is -2.32. The van der Waals surface area contributed by atoms with Crippen LogP contribution in [0.5, 0.6) is 11.5 Å². The molecule has 0 saturated carbocycles. The van der Waals surface area contributed by atoms with Gasteiger partial charge in [-0.1, -0.05) is 31.0 Å². The Morgan fingerprint density at radius 2 is 1.62 bits per heavy atom. The molecule has 3 aromatic rings. The standard InChI is InChI=1S/C16H11NO4.C13H27N3/c18-16(19)13-7-11-10(2-1-3-12(11)17-13)9-4-5-14-15(6-9)21-8-20-14;14-13-5-9-16(10-6-13)12-11-15-7-3-1-2-4-8-15/h1-7,17H,8H2,(H,18,19);13H,1-12,14H2. The van der Waals surface area contributed by atoms with Crippen molar-refractivity contribution in [3.8, 4) is 22.6 Å². The van der Waals surface area contributed by atoms with E-state index >= 15 is 0 Å². The van der Waals surface area contributed by atoms with Gasteiger partial charge in [-0.25, -0.2) is 4.79 Å². The van der Waals surface area contributed by atoms with E-state index in [1.165, 1.54) is 77.8 Å². The minimum atomic E-state index is -0.970. The molecule has 37 heavy (non-hydrogen) atoms. The van der Waals surface area contributed by atoms with Gasteiger partial charge in [0.25, 0.3) is 0 Å². The van der Waals surface area contributed by atoms with Crippen LogP contribution in [0.25, 0.3) is 22.0 Å². The molecule has 4 N–H and O–H groups in total. The van der Waals surface area contributed by atoms with Gasteiger partial charge in [0.2, 0.25) is 6.79 Å². The van der Waals surface area contributed by atoms with Gasteiger partial charge in [0.1, 0.15) is 5.69 Å². The zero-order valence-electron chi connectivity index (χ0n) is 21.5. The number of H-pyrrole nitrogens is 1. The van der Waals surface area contributed by atoms with Crippen LogP contribution in [0, 0.1) is 0 Å². The molecule has 0 unspecified atom stereocenters. The van der Waals surface area contributed by atoms with Gasteiger partial charge in [0, 0.05) is 30.0 Å². The lowest BCUT2D eigenvalue weighted by Crippen LogP contribution is -2.43. The van der Waals surface area contributed by atoms with Gasteiger partial charge in [0.15, 0.2) is 11.5 Å². The van der Waals surface area contributed by atoms with Gasteiger partial charge >= 0.3 is 5.97 Å². The number of carbonyl (C=O) groups is 1. The first kappa shape index (κ1) is 25.6. The third-order valence-electron chi connectivity index (χ3n) is 7.64. The van der Waals surface area contributed by atoms with Crippen molar-refractivity contribution in [2.75, 3.05) is 46.1 Å². The SMILES string of the molecule is NC1CCN(CCN2CCCCCC2)CC1.O=C(O)c1cc2c(-c3ccc4c(c3)OCO4)cccc2[nH]1. The van der Waals surface area contributed by atoms with Crippen LogP contribution >= 0.6 is 0 Å². The predicted octanol–water partition coefficient (Wildman–Crippen LogP) is 4.55. The fourth-order valence-corrected chi connectivity index (χ4v) is 5.41. The summed E-state index contributed by atoms with van der Waals surface area (Å²) < 4.78 is 10.7. The minimum Gasteiger partial charge on any atom is -0.477 e. The van der Waals surface area contributed by atoms with E-state index in [2.05, 4.69) is 14.8 Å². The van der Waals surface area contributed by atoms with Crippen LogP contribution < -0.4 is 15.2 Å². The molecule has 0 amide bonds. The van der Waals surface area contributed by atoms with Crippen molar-refractivity contribution >= 4 is 16.9 Å². The van der Waals surface area contributed by atoms with Gasteiger partial charge in [-0.3, -0.25) is 0 Å². The van der Waals surface area contributed by atoms with E-state index in [1.807, 2.05) is 36.4 Å². The molecule has 0 aliphatic carbocycles. The van der Waals surface area contributed by atoms with Crippen molar-refractivity contribution in [3.63, 3.8) is 0 Å². The fraction of sp³-hybridized carbons (Fsp3) is 0.483. The largest absolute Gasteiger partial charge is 0.477 e. The number of hydrogen-bond donors (Lipinski definition) is 3. The van der Waals surface area contributed by atoms with E-state index in [0.29, 0.717) is 11.8 Å². The monoisotopic (exact) mass is 506 g/mol. The number of carboxylic acids is 1. The number of carboxylic acid groups (broad SMARTS) is 1. The highest BCUT2D eigenvalue weighted by Crippen LogP contribution is 2.38. The summed E-state index contributed by atoms with van der Waals surface area (Å²) in [5.74, 6) is 0.465. The molecule has 198 valence electrons. The van der Waals surface area contributed by atoms with E-state index in [0.717, 1.165) is 27.8 Å². The van der Waals surface area contributed by atoms with Crippen molar-refractivity contribution < 1.29 is 19.4 Å². The van der Waals surface area contributed by atoms with Crippen LogP contribution in [0.3, 0.4) is 0 Å². The Labute approximate surface area is 218 Å². The maximum Gasteiger partial charge on any atom is 0.352 e. The number of likely N-dealkylation sites (tertiary alicyclic amines) is 2. The summed E-state index contributed by atoms with van der Waals surface area (Å²) in [6, 6.07) is 13.5. The second-order valence-corrected chi connectivity index (χ2v) is 10.3. The van der Waals surface area contributed by atoms with Crippen LogP contribution in [0.1, 0.15) is 49.0 Å². The summed E-state index contributed by atoms with van der Waals surface area (Å²) in [4.78, 5) is 19.3. The van der Waals surface area contributed by atoms with Gasteiger partial charge < -0.3 is 35.1 Å². The average molecular weight is 507 g/mol. The topological polar surface area (TPSA) is 104 Å². The van der Waals surface area contributed by atoms with E-state index in [-0.39, 0.29) is 12.5 Å². The molecule has 0 spiro atoms. The number of piperidine rings is 1. The third-order valence-corrected chi connectivity index (χ3v) is 7.64. The number of nitrogens with zero attached hydrogens (tertiary/aromatic N) is 2. The van der Waals surface area contributed by atoms with E-state index in [4.69, 9.17) is 20.3 Å². The minimum absolute atomic E-state index is 0.179. The average Bonchev–Trinajstić information content (AvgIpc) is 3.49. The Balaban J connectivity index is 0.000000158. The molecule has 3 aliphatic heterocycles.